The van der Waals surface area contributed by atoms with Gasteiger partial charge in [-0.25, -0.2) is 8.78 Å². The van der Waals surface area contributed by atoms with Crippen molar-refractivity contribution >= 4 is 44.4 Å². The monoisotopic (exact) mass is 740 g/mol. The number of nitrogens with zero attached hydrogens (tertiary/aromatic N) is 4. The van der Waals surface area contributed by atoms with E-state index in [1.54, 1.807) is 22.1 Å². The summed E-state index contributed by atoms with van der Waals surface area (Å²) in [5, 5.41) is 11.6. The van der Waals surface area contributed by atoms with Crippen LogP contribution in [0, 0.1) is 0 Å². The second-order valence-electron chi connectivity index (χ2n) is 12.8. The van der Waals surface area contributed by atoms with Gasteiger partial charge in [0.15, 0.2) is 0 Å². The van der Waals surface area contributed by atoms with E-state index in [4.69, 9.17) is 10.2 Å². The normalized spacial score (nSPS) is 14.3. The molecule has 0 spiro atoms. The van der Waals surface area contributed by atoms with E-state index in [9.17, 15) is 13.0 Å². The molecule has 4 aromatic heterocycles. The molecule has 2 aliphatic rings. The summed E-state index contributed by atoms with van der Waals surface area (Å²) in [6.07, 6.45) is 6.96. The summed E-state index contributed by atoms with van der Waals surface area (Å²) in [5.41, 5.74) is 8.08. The van der Waals surface area contributed by atoms with E-state index in [-0.39, 0.29) is 15.7 Å². The summed E-state index contributed by atoms with van der Waals surface area (Å²) in [7, 11) is -4.38. The lowest BCUT2D eigenvalue weighted by molar-refractivity contribution is 0.485. The highest BCUT2D eigenvalue weighted by Crippen LogP contribution is 2.44. The maximum atomic E-state index is 15.9. The molecule has 0 fully saturated rings. The lowest BCUT2D eigenvalue weighted by Gasteiger charge is -2.15. The van der Waals surface area contributed by atoms with Gasteiger partial charge in [-0.2, -0.15) is 18.6 Å². The predicted molar refractivity (Wildman–Crippen MR) is 199 cm³/mol. The third-order valence-corrected chi connectivity index (χ3v) is 12.9. The Kier molecular flexibility index (Phi) is 9.18. The predicted octanol–water partition coefficient (Wildman–Crippen LogP) is 9.57. The molecule has 0 saturated heterocycles. The molecule has 0 bridgehead atoms. The highest BCUT2D eigenvalue weighted by Gasteiger charge is 2.31. The zero-order valence-corrected chi connectivity index (χ0v) is 30.0. The van der Waals surface area contributed by atoms with E-state index in [1.165, 1.54) is 17.7 Å². The van der Waals surface area contributed by atoms with Crippen LogP contribution in [0.1, 0.15) is 64.0 Å². The van der Waals surface area contributed by atoms with Crippen LogP contribution in [-0.4, -0.2) is 32.5 Å². The van der Waals surface area contributed by atoms with Crippen molar-refractivity contribution in [3.05, 3.63) is 135 Å². The highest BCUT2D eigenvalue weighted by molar-refractivity contribution is 7.88. The largest absolute Gasteiger partial charge is 0.304 e. The van der Waals surface area contributed by atoms with Gasteiger partial charge in [-0.3, -0.25) is 13.9 Å². The van der Waals surface area contributed by atoms with Crippen LogP contribution in [0.2, 0.25) is 0 Å². The Morgan fingerprint density at radius 3 is 1.82 bits per heavy atom. The Morgan fingerprint density at radius 1 is 0.745 bits per heavy atom. The van der Waals surface area contributed by atoms with Crippen LogP contribution in [0.4, 0.5) is 8.78 Å². The quantitative estimate of drug-likeness (QED) is 0.106. The van der Waals surface area contributed by atoms with Crippen molar-refractivity contribution in [2.24, 2.45) is 0 Å². The Balaban J connectivity index is 1.02. The van der Waals surface area contributed by atoms with Crippen molar-refractivity contribution in [2.75, 3.05) is 0 Å². The molecule has 2 aromatic carbocycles. The second kappa shape index (κ2) is 13.9. The Bertz CT molecular complexity index is 2410. The smallest absolute Gasteiger partial charge is 0.281 e. The second-order valence-corrected chi connectivity index (χ2v) is 16.5. The van der Waals surface area contributed by atoms with Crippen LogP contribution in [0.25, 0.3) is 32.8 Å². The molecule has 0 radical (unpaired) electrons. The first-order valence-corrected chi connectivity index (χ1v) is 20.0. The van der Waals surface area contributed by atoms with Crippen molar-refractivity contribution in [2.45, 2.75) is 62.2 Å². The topological polar surface area (TPSA) is 90.0 Å². The van der Waals surface area contributed by atoms with Crippen molar-refractivity contribution in [3.8, 4) is 21.1 Å². The summed E-state index contributed by atoms with van der Waals surface area (Å²) < 4.78 is 68.9. The molecule has 0 unspecified atom stereocenters. The van der Waals surface area contributed by atoms with Gasteiger partial charge in [0.25, 0.3) is 0 Å². The fraction of sp³-hybridized carbons (Fsp3) is 0.231. The lowest BCUT2D eigenvalue weighted by atomic mass is 9.94. The zero-order chi connectivity index (χ0) is 35.1. The molecule has 1 N–H and O–H groups in total. The average molecular weight is 741 g/mol. The Morgan fingerprint density at radius 2 is 1.27 bits per heavy atom. The van der Waals surface area contributed by atoms with Crippen molar-refractivity contribution in [3.63, 3.8) is 0 Å². The van der Waals surface area contributed by atoms with Crippen LogP contribution >= 0.6 is 22.7 Å². The number of aryl methyl sites for hydroxylation is 2. The molecular weight excluding hydrogens is 707 g/mol. The van der Waals surface area contributed by atoms with E-state index in [2.05, 4.69) is 11.4 Å². The minimum atomic E-state index is -4.38. The zero-order valence-electron chi connectivity index (χ0n) is 27.6. The minimum absolute atomic E-state index is 0.134. The van der Waals surface area contributed by atoms with Crippen LogP contribution in [0.3, 0.4) is 0 Å². The number of hydrogen-bond donors (Lipinski definition) is 1. The van der Waals surface area contributed by atoms with Gasteiger partial charge < -0.3 is 0 Å². The molecule has 51 heavy (non-hydrogen) atoms. The van der Waals surface area contributed by atoms with Crippen LogP contribution < -0.4 is 0 Å². The van der Waals surface area contributed by atoms with Crippen molar-refractivity contribution < 1.29 is 21.8 Å². The van der Waals surface area contributed by atoms with Gasteiger partial charge in [0, 0.05) is 11.1 Å². The van der Waals surface area contributed by atoms with Crippen LogP contribution in [-0.2, 0) is 48.9 Å². The van der Waals surface area contributed by atoms with Gasteiger partial charge in [0.2, 0.25) is 0 Å². The molecule has 7 nitrogen and oxygen atoms in total. The Hall–Kier alpha value is -4.49. The summed E-state index contributed by atoms with van der Waals surface area (Å²) in [4.78, 5) is 1.83. The molecule has 0 aliphatic heterocycles. The van der Waals surface area contributed by atoms with Gasteiger partial charge in [0.1, 0.15) is 27.3 Å². The van der Waals surface area contributed by atoms with Gasteiger partial charge in [-0.15, -0.1) is 22.7 Å². The molecule has 0 saturated carbocycles. The molecule has 260 valence electrons. The van der Waals surface area contributed by atoms with Crippen LogP contribution in [0.5, 0.6) is 0 Å². The minimum Gasteiger partial charge on any atom is -0.281 e. The summed E-state index contributed by atoms with van der Waals surface area (Å²) in [6, 6.07) is 23.4. The standard InChI is InChI=1S/C39H34F2N4O3S3/c40-31(34-29-18-16-27-20-21-49-38(27)36(29)44(42-34)23-25-10-4-1-5-11-25)14-8-3-9-15-32(41)35-30-19-17-28-22-33(51(46,47)48)50-39(28)37(30)45(43-35)24-26-12-6-2-7-13-26/h1-2,4-7,10-15,20-22H,3,8-9,16-19,23-24H2,(H,46,47,48)/b31-14-,32-15-. The van der Waals surface area contributed by atoms with Gasteiger partial charge in [-0.05, 0) is 96.9 Å². The van der Waals surface area contributed by atoms with E-state index in [0.717, 1.165) is 57.0 Å². The fourth-order valence-corrected chi connectivity index (χ4v) is 10.1. The first-order valence-electron chi connectivity index (χ1n) is 16.9. The number of hydrogen-bond acceptors (Lipinski definition) is 6. The molecule has 4 heterocycles. The summed E-state index contributed by atoms with van der Waals surface area (Å²) in [5.74, 6) is -0.815. The average Bonchev–Trinajstić information content (AvgIpc) is 3.92. The number of halogens is 2. The number of rotatable bonds is 11. The molecule has 0 amide bonds. The molecule has 2 aliphatic carbocycles. The number of fused-ring (bicyclic) bond motifs is 6. The van der Waals surface area contributed by atoms with Crippen molar-refractivity contribution in [1.82, 2.24) is 19.6 Å². The van der Waals surface area contributed by atoms with Gasteiger partial charge >= 0.3 is 10.1 Å². The highest BCUT2D eigenvalue weighted by atomic mass is 32.3. The molecule has 12 heteroatoms. The Labute approximate surface area is 303 Å². The van der Waals surface area contributed by atoms with E-state index in [1.807, 2.05) is 65.3 Å². The lowest BCUT2D eigenvalue weighted by Crippen LogP contribution is -2.07. The first kappa shape index (κ1) is 33.6. The third-order valence-electron chi connectivity index (χ3n) is 9.47. The maximum absolute atomic E-state index is 15.9. The maximum Gasteiger partial charge on any atom is 0.304 e. The van der Waals surface area contributed by atoms with E-state index < -0.39 is 15.9 Å². The molecule has 0 atom stereocenters. The number of aromatic nitrogens is 4. The SMILES string of the molecule is O=S(=O)(O)c1cc2c(s1)-c1c(c(/C(F)=C/CCC/C=C(\F)c3nn(Cc4ccccc4)c4c3CCc3ccsc3-4)nn1Cc1ccccc1)CC2. The number of thiophene rings is 2. The van der Waals surface area contributed by atoms with Gasteiger partial charge in [-0.1, -0.05) is 60.7 Å². The van der Waals surface area contributed by atoms with E-state index in [0.29, 0.717) is 67.0 Å². The van der Waals surface area contributed by atoms with Gasteiger partial charge in [0.05, 0.1) is 34.2 Å². The fourth-order valence-electron chi connectivity index (χ4n) is 7.05. The molecule has 8 rings (SSSR count). The number of allylic oxidation sites excluding steroid dienone is 2. The summed E-state index contributed by atoms with van der Waals surface area (Å²) >= 11 is 2.65. The first-order chi connectivity index (χ1) is 24.7. The third kappa shape index (κ3) is 6.69. The van der Waals surface area contributed by atoms with Crippen molar-refractivity contribution in [1.29, 1.82) is 0 Å². The van der Waals surface area contributed by atoms with E-state index >= 15 is 8.78 Å². The van der Waals surface area contributed by atoms with Crippen LogP contribution in [0.15, 0.2) is 94.5 Å². The molecular formula is C39H34F2N4O3S3. The summed E-state index contributed by atoms with van der Waals surface area (Å²) in [6.45, 7) is 0.926. The molecule has 6 aromatic rings. The number of benzene rings is 2. The number of unbranched alkanes of at least 4 members (excludes halogenated alkanes) is 2.